The number of hydrogen-bond donors (Lipinski definition) is 2. The van der Waals surface area contributed by atoms with E-state index in [9.17, 15) is 4.39 Å². The summed E-state index contributed by atoms with van der Waals surface area (Å²) in [6.45, 7) is 0. The van der Waals surface area contributed by atoms with Gasteiger partial charge < -0.3 is 11.1 Å². The monoisotopic (exact) mass is 281 g/mol. The van der Waals surface area contributed by atoms with Gasteiger partial charge in [0.25, 0.3) is 0 Å². The van der Waals surface area contributed by atoms with Gasteiger partial charge in [-0.1, -0.05) is 23.8 Å². The normalized spacial score (nSPS) is 10.1. The van der Waals surface area contributed by atoms with E-state index >= 15 is 0 Å². The van der Waals surface area contributed by atoms with Crippen LogP contribution in [0.2, 0.25) is 5.02 Å². The van der Waals surface area contributed by atoms with E-state index in [-0.39, 0.29) is 10.8 Å². The maximum atomic E-state index is 13.1. The summed E-state index contributed by atoms with van der Waals surface area (Å²) in [7, 11) is 0. The zero-order chi connectivity index (χ0) is 13.1. The van der Waals surface area contributed by atoms with E-state index in [1.165, 1.54) is 18.2 Å². The van der Waals surface area contributed by atoms with E-state index in [4.69, 9.17) is 29.6 Å². The van der Waals surface area contributed by atoms with Crippen LogP contribution in [0.25, 0.3) is 0 Å². The molecule has 0 radical (unpaired) electrons. The second-order valence-electron chi connectivity index (χ2n) is 3.53. The van der Waals surface area contributed by atoms with E-state index in [2.05, 4.69) is 10.3 Å². The first-order chi connectivity index (χ1) is 8.58. The van der Waals surface area contributed by atoms with Gasteiger partial charge in [-0.3, -0.25) is 4.98 Å². The molecule has 2 rings (SSSR count). The second kappa shape index (κ2) is 5.29. The van der Waals surface area contributed by atoms with Crippen molar-refractivity contribution in [2.45, 2.75) is 0 Å². The average molecular weight is 282 g/mol. The summed E-state index contributed by atoms with van der Waals surface area (Å²) in [5, 5.41) is 3.36. The molecule has 3 N–H and O–H groups in total. The van der Waals surface area contributed by atoms with Crippen LogP contribution < -0.4 is 11.1 Å². The molecule has 0 bridgehead atoms. The third kappa shape index (κ3) is 2.75. The van der Waals surface area contributed by atoms with Crippen molar-refractivity contribution in [3.05, 3.63) is 53.1 Å². The van der Waals surface area contributed by atoms with E-state index in [1.807, 2.05) is 0 Å². The van der Waals surface area contributed by atoms with Gasteiger partial charge in [0.2, 0.25) is 0 Å². The number of nitrogens with two attached hydrogens (primary N) is 1. The number of nitrogens with one attached hydrogen (secondary N) is 1. The number of pyridine rings is 1. The molecule has 1 heterocycles. The van der Waals surface area contributed by atoms with Crippen LogP contribution in [0, 0.1) is 5.82 Å². The van der Waals surface area contributed by atoms with Crippen LogP contribution in [0.1, 0.15) is 5.56 Å². The molecule has 2 aromatic rings. The van der Waals surface area contributed by atoms with Crippen LogP contribution >= 0.6 is 23.8 Å². The third-order valence-electron chi connectivity index (χ3n) is 2.28. The highest BCUT2D eigenvalue weighted by Crippen LogP contribution is 2.27. The van der Waals surface area contributed by atoms with Gasteiger partial charge in [-0.15, -0.1) is 0 Å². The Hall–Kier alpha value is -1.72. The molecule has 0 aliphatic heterocycles. The Balaban J connectivity index is 2.40. The van der Waals surface area contributed by atoms with Gasteiger partial charge in [-0.25, -0.2) is 4.39 Å². The van der Waals surface area contributed by atoms with Crippen LogP contribution in [0.5, 0.6) is 0 Å². The Morgan fingerprint density at radius 3 is 2.83 bits per heavy atom. The molecular formula is C12H9ClFN3S. The topological polar surface area (TPSA) is 50.9 Å². The molecule has 0 saturated heterocycles. The van der Waals surface area contributed by atoms with Gasteiger partial charge in [0, 0.05) is 11.8 Å². The minimum absolute atomic E-state index is 0.229. The predicted octanol–water partition coefficient (Wildman–Crippen LogP) is 3.25. The molecule has 0 fully saturated rings. The van der Waals surface area contributed by atoms with E-state index in [1.54, 1.807) is 18.5 Å². The fourth-order valence-electron chi connectivity index (χ4n) is 1.45. The average Bonchev–Trinajstić information content (AvgIpc) is 2.34. The first-order valence-electron chi connectivity index (χ1n) is 5.04. The summed E-state index contributed by atoms with van der Waals surface area (Å²) in [6.07, 6.45) is 3.13. The Bertz CT molecular complexity index is 604. The van der Waals surface area contributed by atoms with E-state index in [0.29, 0.717) is 22.0 Å². The summed E-state index contributed by atoms with van der Waals surface area (Å²) >= 11 is 10.9. The zero-order valence-corrected chi connectivity index (χ0v) is 10.7. The summed E-state index contributed by atoms with van der Waals surface area (Å²) in [6, 6.07) is 5.72. The Morgan fingerprint density at radius 2 is 2.11 bits per heavy atom. The number of aromatic nitrogens is 1. The number of thiocarbonyl (C=S) groups is 1. The molecule has 0 amide bonds. The maximum Gasteiger partial charge on any atom is 0.125 e. The maximum absolute atomic E-state index is 13.1. The fraction of sp³-hybridized carbons (Fsp3) is 0. The lowest BCUT2D eigenvalue weighted by atomic mass is 10.2. The van der Waals surface area contributed by atoms with Gasteiger partial charge in [0.1, 0.15) is 10.8 Å². The van der Waals surface area contributed by atoms with Crippen molar-refractivity contribution in [3.8, 4) is 0 Å². The third-order valence-corrected chi connectivity index (χ3v) is 2.83. The summed E-state index contributed by atoms with van der Waals surface area (Å²) in [5.74, 6) is -0.386. The predicted molar refractivity (Wildman–Crippen MR) is 74.8 cm³/mol. The van der Waals surface area contributed by atoms with Gasteiger partial charge in [0.05, 0.1) is 22.6 Å². The molecule has 0 aliphatic carbocycles. The lowest BCUT2D eigenvalue weighted by Crippen LogP contribution is -2.12. The Labute approximate surface area is 114 Å². The van der Waals surface area contributed by atoms with Crippen molar-refractivity contribution >= 4 is 40.2 Å². The van der Waals surface area contributed by atoms with Gasteiger partial charge in [0.15, 0.2) is 0 Å². The van der Waals surface area contributed by atoms with Crippen molar-refractivity contribution in [2.24, 2.45) is 5.73 Å². The van der Waals surface area contributed by atoms with Crippen molar-refractivity contribution in [3.63, 3.8) is 0 Å². The van der Waals surface area contributed by atoms with Gasteiger partial charge in [-0.2, -0.15) is 0 Å². The molecule has 0 spiro atoms. The highest BCUT2D eigenvalue weighted by Gasteiger charge is 2.08. The molecule has 0 atom stereocenters. The van der Waals surface area contributed by atoms with E-state index < -0.39 is 0 Å². The number of anilines is 2. The number of halogens is 2. The molecule has 18 heavy (non-hydrogen) atoms. The van der Waals surface area contributed by atoms with Crippen molar-refractivity contribution < 1.29 is 4.39 Å². The Morgan fingerprint density at radius 1 is 1.33 bits per heavy atom. The van der Waals surface area contributed by atoms with Crippen LogP contribution in [-0.2, 0) is 0 Å². The molecule has 0 saturated carbocycles. The molecular weight excluding hydrogens is 273 g/mol. The standard InChI is InChI=1S/C12H9ClFN3S/c13-9-2-1-7(14)5-10(9)17-11-6-16-4-3-8(11)12(15)18/h1-6,17H,(H2,15,18). The second-order valence-corrected chi connectivity index (χ2v) is 4.38. The van der Waals surface area contributed by atoms with Crippen LogP contribution in [0.3, 0.4) is 0 Å². The SMILES string of the molecule is NC(=S)c1ccncc1Nc1cc(F)ccc1Cl. The molecule has 0 aliphatic rings. The van der Waals surface area contributed by atoms with E-state index in [0.717, 1.165) is 0 Å². The molecule has 3 nitrogen and oxygen atoms in total. The number of rotatable bonds is 3. The number of nitrogens with zero attached hydrogens (tertiary/aromatic N) is 1. The van der Waals surface area contributed by atoms with Crippen LogP contribution in [0.4, 0.5) is 15.8 Å². The lowest BCUT2D eigenvalue weighted by molar-refractivity contribution is 0.628. The minimum atomic E-state index is -0.386. The molecule has 0 unspecified atom stereocenters. The highest BCUT2D eigenvalue weighted by molar-refractivity contribution is 7.80. The molecule has 92 valence electrons. The van der Waals surface area contributed by atoms with Crippen LogP contribution in [0.15, 0.2) is 36.7 Å². The smallest absolute Gasteiger partial charge is 0.125 e. The highest BCUT2D eigenvalue weighted by atomic mass is 35.5. The first kappa shape index (κ1) is 12.7. The summed E-state index contributed by atoms with van der Waals surface area (Å²) in [4.78, 5) is 4.19. The molecule has 1 aromatic heterocycles. The Kier molecular flexibility index (Phi) is 3.74. The molecule has 1 aromatic carbocycles. The lowest BCUT2D eigenvalue weighted by Gasteiger charge is -2.11. The summed E-state index contributed by atoms with van der Waals surface area (Å²) < 4.78 is 13.1. The zero-order valence-electron chi connectivity index (χ0n) is 9.15. The van der Waals surface area contributed by atoms with Crippen molar-refractivity contribution in [1.29, 1.82) is 0 Å². The fourth-order valence-corrected chi connectivity index (χ4v) is 1.79. The van der Waals surface area contributed by atoms with Crippen molar-refractivity contribution in [2.75, 3.05) is 5.32 Å². The summed E-state index contributed by atoms with van der Waals surface area (Å²) in [5.41, 5.74) is 7.23. The quantitative estimate of drug-likeness (QED) is 0.848. The molecule has 6 heteroatoms. The van der Waals surface area contributed by atoms with Gasteiger partial charge in [-0.05, 0) is 24.3 Å². The first-order valence-corrected chi connectivity index (χ1v) is 5.82. The van der Waals surface area contributed by atoms with Gasteiger partial charge >= 0.3 is 0 Å². The number of hydrogen-bond acceptors (Lipinski definition) is 3. The van der Waals surface area contributed by atoms with Crippen molar-refractivity contribution in [1.82, 2.24) is 4.98 Å². The number of benzene rings is 1. The van der Waals surface area contributed by atoms with Crippen LogP contribution in [-0.4, -0.2) is 9.97 Å². The minimum Gasteiger partial charge on any atom is -0.389 e. The largest absolute Gasteiger partial charge is 0.389 e.